The van der Waals surface area contributed by atoms with Crippen molar-refractivity contribution in [2.24, 2.45) is 0 Å². The van der Waals surface area contributed by atoms with Gasteiger partial charge in [-0.2, -0.15) is 0 Å². The molecule has 7 heteroatoms. The first-order valence-electron chi connectivity index (χ1n) is 7.21. The molecule has 2 rings (SSSR count). The zero-order valence-electron chi connectivity index (χ0n) is 12.3. The molecule has 3 N–H and O–H groups in total. The first kappa shape index (κ1) is 16.2. The van der Waals surface area contributed by atoms with Gasteiger partial charge in [0.25, 0.3) is 0 Å². The van der Waals surface area contributed by atoms with Crippen LogP contribution in [0.1, 0.15) is 12.8 Å². The van der Waals surface area contributed by atoms with Crippen LogP contribution in [0.25, 0.3) is 0 Å². The van der Waals surface area contributed by atoms with Crippen LogP contribution in [0.4, 0.5) is 5.69 Å². The van der Waals surface area contributed by atoms with E-state index in [1.165, 1.54) is 7.05 Å². The van der Waals surface area contributed by atoms with E-state index in [9.17, 15) is 8.42 Å². The first-order valence-corrected chi connectivity index (χ1v) is 8.70. The highest BCUT2D eigenvalue weighted by atomic mass is 32.2. The predicted molar refractivity (Wildman–Crippen MR) is 83.0 cm³/mol. The third kappa shape index (κ3) is 4.96. The first-order chi connectivity index (χ1) is 10.1. The van der Waals surface area contributed by atoms with Crippen molar-refractivity contribution in [2.75, 3.05) is 38.6 Å². The summed E-state index contributed by atoms with van der Waals surface area (Å²) in [7, 11) is -1.96. The van der Waals surface area contributed by atoms with Crippen molar-refractivity contribution < 1.29 is 13.2 Å². The van der Waals surface area contributed by atoms with Gasteiger partial charge >= 0.3 is 0 Å². The van der Waals surface area contributed by atoms with Gasteiger partial charge in [0.05, 0.1) is 17.6 Å². The van der Waals surface area contributed by atoms with Crippen LogP contribution in [0, 0.1) is 0 Å². The molecule has 0 radical (unpaired) electrons. The second kappa shape index (κ2) is 7.74. The van der Waals surface area contributed by atoms with Gasteiger partial charge in [0, 0.05) is 12.2 Å². The van der Waals surface area contributed by atoms with Gasteiger partial charge in [-0.25, -0.2) is 13.1 Å². The van der Waals surface area contributed by atoms with Gasteiger partial charge in [0.1, 0.15) is 0 Å². The molecule has 1 heterocycles. The number of benzene rings is 1. The number of nitrogens with one attached hydrogen (secondary N) is 3. The lowest BCUT2D eigenvalue weighted by Gasteiger charge is -2.23. The molecule has 0 amide bonds. The molecule has 118 valence electrons. The average molecular weight is 313 g/mol. The Morgan fingerprint density at radius 3 is 2.52 bits per heavy atom. The molecule has 1 saturated heterocycles. The largest absolute Gasteiger partial charge is 0.383 e. The monoisotopic (exact) mass is 313 g/mol. The number of hydrogen-bond donors (Lipinski definition) is 3. The van der Waals surface area contributed by atoms with Crippen LogP contribution >= 0.6 is 0 Å². The van der Waals surface area contributed by atoms with Crippen molar-refractivity contribution in [3.63, 3.8) is 0 Å². The molecule has 6 nitrogen and oxygen atoms in total. The van der Waals surface area contributed by atoms with Crippen molar-refractivity contribution in [3.8, 4) is 0 Å². The summed E-state index contributed by atoms with van der Waals surface area (Å²) in [5.41, 5.74) is 0.888. The Bertz CT molecular complexity index is 525. The Morgan fingerprint density at radius 1 is 1.24 bits per heavy atom. The highest BCUT2D eigenvalue weighted by Crippen LogP contribution is 2.13. The molecule has 0 saturated carbocycles. The van der Waals surface area contributed by atoms with E-state index in [-0.39, 0.29) is 4.90 Å². The molecular weight excluding hydrogens is 290 g/mol. The van der Waals surface area contributed by atoms with Gasteiger partial charge in [-0.05, 0) is 57.2 Å². The van der Waals surface area contributed by atoms with Crippen LogP contribution in [0.15, 0.2) is 29.2 Å². The van der Waals surface area contributed by atoms with E-state index in [0.29, 0.717) is 19.3 Å². The molecule has 0 spiro atoms. The number of sulfonamides is 1. The van der Waals surface area contributed by atoms with Crippen LogP contribution in [0.2, 0.25) is 0 Å². The Kier molecular flexibility index (Phi) is 5.98. The van der Waals surface area contributed by atoms with Crippen LogP contribution in [0.3, 0.4) is 0 Å². The van der Waals surface area contributed by atoms with E-state index in [1.807, 2.05) is 0 Å². The Hall–Kier alpha value is -1.15. The third-order valence-corrected chi connectivity index (χ3v) is 4.93. The maximum absolute atomic E-state index is 11.6. The van der Waals surface area contributed by atoms with E-state index in [1.54, 1.807) is 24.3 Å². The highest BCUT2D eigenvalue weighted by Gasteiger charge is 2.13. The van der Waals surface area contributed by atoms with Crippen LogP contribution in [-0.2, 0) is 14.8 Å². The fourth-order valence-corrected chi connectivity index (χ4v) is 2.98. The Balaban J connectivity index is 1.73. The molecule has 1 aliphatic rings. The van der Waals surface area contributed by atoms with Crippen molar-refractivity contribution in [1.82, 2.24) is 10.0 Å². The lowest BCUT2D eigenvalue weighted by Crippen LogP contribution is -2.33. The fraction of sp³-hybridized carbons (Fsp3) is 0.571. The lowest BCUT2D eigenvalue weighted by atomic mass is 10.1. The number of rotatable bonds is 7. The average Bonchev–Trinajstić information content (AvgIpc) is 2.53. The zero-order chi connectivity index (χ0) is 15.1. The van der Waals surface area contributed by atoms with E-state index < -0.39 is 10.0 Å². The van der Waals surface area contributed by atoms with Crippen LogP contribution in [0.5, 0.6) is 0 Å². The van der Waals surface area contributed by atoms with E-state index in [4.69, 9.17) is 4.74 Å². The molecule has 0 aromatic heterocycles. The minimum atomic E-state index is -3.36. The van der Waals surface area contributed by atoms with Crippen LogP contribution < -0.4 is 15.4 Å². The molecule has 1 fully saturated rings. The summed E-state index contributed by atoms with van der Waals surface area (Å²) in [4.78, 5) is 0.265. The number of piperidine rings is 1. The minimum absolute atomic E-state index is 0.265. The molecule has 0 aliphatic carbocycles. The van der Waals surface area contributed by atoms with Gasteiger partial charge in [-0.1, -0.05) is 0 Å². The summed E-state index contributed by atoms with van der Waals surface area (Å²) in [6, 6.07) is 6.69. The summed E-state index contributed by atoms with van der Waals surface area (Å²) in [5, 5.41) is 6.53. The van der Waals surface area contributed by atoms with E-state index >= 15 is 0 Å². The van der Waals surface area contributed by atoms with Crippen molar-refractivity contribution in [2.45, 2.75) is 23.8 Å². The second-order valence-electron chi connectivity index (χ2n) is 4.98. The molecule has 1 aromatic carbocycles. The van der Waals surface area contributed by atoms with Gasteiger partial charge in [-0.3, -0.25) is 0 Å². The summed E-state index contributed by atoms with van der Waals surface area (Å²) >= 11 is 0. The second-order valence-corrected chi connectivity index (χ2v) is 6.87. The van der Waals surface area contributed by atoms with Crippen molar-refractivity contribution in [3.05, 3.63) is 24.3 Å². The normalized spacial score (nSPS) is 16.8. The molecular formula is C14H23N3O3S. The highest BCUT2D eigenvalue weighted by molar-refractivity contribution is 7.89. The SMILES string of the molecule is CNS(=O)(=O)c1ccc(NCCOC2CCNCC2)cc1. The van der Waals surface area contributed by atoms with E-state index in [0.717, 1.165) is 31.6 Å². The zero-order valence-corrected chi connectivity index (χ0v) is 13.1. The number of ether oxygens (including phenoxy) is 1. The predicted octanol–water partition coefficient (Wildman–Crippen LogP) is 0.775. The number of anilines is 1. The molecule has 0 unspecified atom stereocenters. The number of hydrogen-bond acceptors (Lipinski definition) is 5. The third-order valence-electron chi connectivity index (χ3n) is 3.50. The van der Waals surface area contributed by atoms with Crippen molar-refractivity contribution in [1.29, 1.82) is 0 Å². The molecule has 0 bridgehead atoms. The van der Waals surface area contributed by atoms with Gasteiger partial charge < -0.3 is 15.4 Å². The van der Waals surface area contributed by atoms with E-state index in [2.05, 4.69) is 15.4 Å². The molecule has 0 atom stereocenters. The van der Waals surface area contributed by atoms with Crippen molar-refractivity contribution >= 4 is 15.7 Å². The van der Waals surface area contributed by atoms with Gasteiger partial charge in [0.2, 0.25) is 10.0 Å². The lowest BCUT2D eigenvalue weighted by molar-refractivity contribution is 0.0394. The standard InChI is InChI=1S/C14H23N3O3S/c1-15-21(18,19)14-4-2-12(3-5-14)17-10-11-20-13-6-8-16-9-7-13/h2-5,13,15-17H,6-11H2,1H3. The van der Waals surface area contributed by atoms with Crippen LogP contribution in [-0.4, -0.2) is 47.8 Å². The minimum Gasteiger partial charge on any atom is -0.383 e. The Labute approximate surface area is 126 Å². The van der Waals surface area contributed by atoms with Gasteiger partial charge in [0.15, 0.2) is 0 Å². The smallest absolute Gasteiger partial charge is 0.240 e. The topological polar surface area (TPSA) is 79.5 Å². The molecule has 21 heavy (non-hydrogen) atoms. The summed E-state index contributed by atoms with van der Waals surface area (Å²) in [6.07, 6.45) is 2.49. The quantitative estimate of drug-likeness (QED) is 0.648. The summed E-state index contributed by atoms with van der Waals surface area (Å²) < 4.78 is 31.3. The Morgan fingerprint density at radius 2 is 1.90 bits per heavy atom. The molecule has 1 aliphatic heterocycles. The summed E-state index contributed by atoms with van der Waals surface area (Å²) in [5.74, 6) is 0. The fourth-order valence-electron chi connectivity index (χ4n) is 2.25. The summed E-state index contributed by atoms with van der Waals surface area (Å²) in [6.45, 7) is 3.42. The molecule has 1 aromatic rings. The maximum Gasteiger partial charge on any atom is 0.240 e. The maximum atomic E-state index is 11.6. The van der Waals surface area contributed by atoms with Gasteiger partial charge in [-0.15, -0.1) is 0 Å².